The normalized spacial score (nSPS) is 23.3. The summed E-state index contributed by atoms with van der Waals surface area (Å²) >= 11 is 0. The number of fused-ring (bicyclic) bond motifs is 1. The molecule has 3 N–H and O–H groups in total. The van der Waals surface area contributed by atoms with Crippen LogP contribution in [-0.4, -0.2) is 41.8 Å². The molecule has 2 unspecified atom stereocenters. The molecule has 6 nitrogen and oxygen atoms in total. The largest absolute Gasteiger partial charge is 0.394 e. The van der Waals surface area contributed by atoms with E-state index in [9.17, 15) is 14.7 Å². The van der Waals surface area contributed by atoms with Gasteiger partial charge < -0.3 is 15.7 Å². The van der Waals surface area contributed by atoms with Crippen molar-refractivity contribution in [1.82, 2.24) is 10.6 Å². The zero-order chi connectivity index (χ0) is 19.6. The lowest BCUT2D eigenvalue weighted by Crippen LogP contribution is -2.51. The van der Waals surface area contributed by atoms with E-state index in [-0.39, 0.29) is 36.8 Å². The van der Waals surface area contributed by atoms with E-state index in [0.717, 1.165) is 35.4 Å². The molecule has 0 bridgehead atoms. The monoisotopic (exact) mass is 369 g/mol. The first-order valence-electron chi connectivity index (χ1n) is 9.39. The molecule has 0 fully saturated rings. The van der Waals surface area contributed by atoms with Crippen LogP contribution in [0.15, 0.2) is 40.4 Å². The Hall–Kier alpha value is -2.47. The van der Waals surface area contributed by atoms with Gasteiger partial charge in [-0.15, -0.1) is 0 Å². The number of aliphatic hydroxyl groups excluding tert-OH is 1. The zero-order valence-corrected chi connectivity index (χ0v) is 16.1. The maximum atomic E-state index is 12.6. The predicted molar refractivity (Wildman–Crippen MR) is 104 cm³/mol. The second kappa shape index (κ2) is 8.05. The van der Waals surface area contributed by atoms with Crippen LogP contribution in [0.1, 0.15) is 43.9 Å². The van der Waals surface area contributed by atoms with Gasteiger partial charge >= 0.3 is 0 Å². The van der Waals surface area contributed by atoms with Gasteiger partial charge in [0.1, 0.15) is 0 Å². The molecule has 2 amide bonds. The van der Waals surface area contributed by atoms with E-state index in [4.69, 9.17) is 0 Å². The molecule has 3 rings (SSSR count). The molecule has 0 radical (unpaired) electrons. The average molecular weight is 369 g/mol. The van der Waals surface area contributed by atoms with Crippen LogP contribution in [0.4, 0.5) is 0 Å². The Morgan fingerprint density at radius 1 is 1.30 bits per heavy atom. The van der Waals surface area contributed by atoms with Crippen LogP contribution in [0.2, 0.25) is 0 Å². The molecule has 6 heteroatoms. The second-order valence-electron chi connectivity index (χ2n) is 7.42. The van der Waals surface area contributed by atoms with Crippen molar-refractivity contribution >= 4 is 17.5 Å². The van der Waals surface area contributed by atoms with Gasteiger partial charge in [-0.1, -0.05) is 35.4 Å². The highest BCUT2D eigenvalue weighted by Crippen LogP contribution is 2.31. The third-order valence-corrected chi connectivity index (χ3v) is 5.52. The lowest BCUT2D eigenvalue weighted by atomic mass is 9.78. The van der Waals surface area contributed by atoms with Gasteiger partial charge in [0.05, 0.1) is 19.1 Å². The average Bonchev–Trinajstić information content (AvgIpc) is 2.64. The molecule has 3 atom stereocenters. The maximum absolute atomic E-state index is 12.6. The number of benzene rings is 1. The topological polar surface area (TPSA) is 90.8 Å². The van der Waals surface area contributed by atoms with Crippen LogP contribution in [0.5, 0.6) is 0 Å². The zero-order valence-electron chi connectivity index (χ0n) is 16.1. The molecule has 2 aliphatic rings. The fourth-order valence-corrected chi connectivity index (χ4v) is 3.99. The van der Waals surface area contributed by atoms with E-state index in [1.165, 1.54) is 0 Å². The minimum absolute atomic E-state index is 0.00344. The molecule has 2 heterocycles. The van der Waals surface area contributed by atoms with Gasteiger partial charge in [-0.3, -0.25) is 14.6 Å². The molecular formula is C21H27N3O3. The quantitative estimate of drug-likeness (QED) is 0.739. The Morgan fingerprint density at radius 2 is 2.00 bits per heavy atom. The lowest BCUT2D eigenvalue weighted by Gasteiger charge is -2.37. The number of carbonyl (C=O) groups excluding carboxylic acids is 2. The van der Waals surface area contributed by atoms with Crippen molar-refractivity contribution in [2.45, 2.75) is 45.7 Å². The summed E-state index contributed by atoms with van der Waals surface area (Å²) in [6.07, 6.45) is 0.821. The number of hydrogen-bond donors (Lipinski definition) is 3. The third-order valence-electron chi connectivity index (χ3n) is 5.52. The van der Waals surface area contributed by atoms with Crippen molar-refractivity contribution in [1.29, 1.82) is 0 Å². The summed E-state index contributed by atoms with van der Waals surface area (Å²) in [7, 11) is 0. The molecule has 27 heavy (non-hydrogen) atoms. The maximum Gasteiger partial charge on any atom is 0.247 e. The Labute approximate surface area is 159 Å². The summed E-state index contributed by atoms with van der Waals surface area (Å²) in [6.45, 7) is 6.42. The van der Waals surface area contributed by atoms with Crippen LogP contribution in [-0.2, 0) is 9.59 Å². The summed E-state index contributed by atoms with van der Waals surface area (Å²) in [4.78, 5) is 29.6. The molecule has 1 aromatic rings. The molecule has 144 valence electrons. The fraction of sp³-hybridized carbons (Fsp3) is 0.476. The second-order valence-corrected chi connectivity index (χ2v) is 7.42. The van der Waals surface area contributed by atoms with Crippen LogP contribution < -0.4 is 10.6 Å². The van der Waals surface area contributed by atoms with E-state index in [2.05, 4.69) is 15.6 Å². The van der Waals surface area contributed by atoms with Crippen molar-refractivity contribution in [3.8, 4) is 0 Å². The van der Waals surface area contributed by atoms with E-state index in [1.54, 1.807) is 0 Å². The summed E-state index contributed by atoms with van der Waals surface area (Å²) in [5.74, 6) is -0.373. The number of rotatable bonds is 5. The number of aryl methyl sites for hydroxylation is 1. The molecular weight excluding hydrogens is 342 g/mol. The number of aliphatic imine (C=N–C) groups is 1. The van der Waals surface area contributed by atoms with Gasteiger partial charge in [0.15, 0.2) is 0 Å². The number of nitrogens with one attached hydrogen (secondary N) is 2. The number of aliphatic hydroxyl groups is 1. The fourth-order valence-electron chi connectivity index (χ4n) is 3.99. The Balaban J connectivity index is 1.75. The van der Waals surface area contributed by atoms with E-state index >= 15 is 0 Å². The molecule has 1 aromatic carbocycles. The van der Waals surface area contributed by atoms with Gasteiger partial charge in [-0.2, -0.15) is 0 Å². The SMILES string of the molecule is CC1=NCCC2NC(=O)C(CC(=O)N[C@H](CO)c3ccc(C)cc3)=C(C)C12. The third kappa shape index (κ3) is 4.11. The van der Waals surface area contributed by atoms with E-state index < -0.39 is 6.04 Å². The smallest absolute Gasteiger partial charge is 0.247 e. The minimum atomic E-state index is -0.489. The summed E-state index contributed by atoms with van der Waals surface area (Å²) in [5.41, 5.74) is 4.39. The van der Waals surface area contributed by atoms with Crippen molar-refractivity contribution in [2.75, 3.05) is 13.2 Å². The number of carbonyl (C=O) groups is 2. The Kier molecular flexibility index (Phi) is 5.75. The van der Waals surface area contributed by atoms with Crippen LogP contribution in [0, 0.1) is 12.8 Å². The molecule has 0 saturated carbocycles. The van der Waals surface area contributed by atoms with Gasteiger partial charge in [0.2, 0.25) is 11.8 Å². The van der Waals surface area contributed by atoms with Crippen LogP contribution in [0.3, 0.4) is 0 Å². The number of hydrogen-bond acceptors (Lipinski definition) is 4. The van der Waals surface area contributed by atoms with Gasteiger partial charge in [-0.05, 0) is 32.8 Å². The summed E-state index contributed by atoms with van der Waals surface area (Å²) in [6, 6.07) is 7.24. The Morgan fingerprint density at radius 3 is 2.67 bits per heavy atom. The van der Waals surface area contributed by atoms with Gasteiger partial charge in [-0.25, -0.2) is 0 Å². The first-order chi connectivity index (χ1) is 12.9. The van der Waals surface area contributed by atoms with E-state index in [1.807, 2.05) is 45.0 Å². The van der Waals surface area contributed by atoms with Crippen molar-refractivity contribution in [2.24, 2.45) is 10.9 Å². The van der Waals surface area contributed by atoms with Gasteiger partial charge in [0.25, 0.3) is 0 Å². The highest BCUT2D eigenvalue weighted by molar-refractivity contribution is 6.03. The standard InChI is InChI=1S/C21H27N3O3/c1-12-4-6-15(7-5-12)18(11-25)23-19(26)10-16-13(2)20-14(3)22-9-8-17(20)24-21(16)27/h4-7,17-18,20,25H,8-11H2,1-3H3,(H,23,26)(H,24,27)/t17?,18-,20?/m1/s1. The minimum Gasteiger partial charge on any atom is -0.394 e. The highest BCUT2D eigenvalue weighted by atomic mass is 16.3. The lowest BCUT2D eigenvalue weighted by molar-refractivity contribution is -0.124. The summed E-state index contributed by atoms with van der Waals surface area (Å²) in [5, 5.41) is 15.5. The van der Waals surface area contributed by atoms with Crippen molar-refractivity contribution < 1.29 is 14.7 Å². The van der Waals surface area contributed by atoms with Crippen molar-refractivity contribution in [3.05, 3.63) is 46.5 Å². The molecule has 0 aliphatic carbocycles. The molecule has 0 aromatic heterocycles. The van der Waals surface area contributed by atoms with E-state index in [0.29, 0.717) is 5.57 Å². The molecule has 0 spiro atoms. The van der Waals surface area contributed by atoms with Crippen LogP contribution in [0.25, 0.3) is 0 Å². The number of amides is 2. The van der Waals surface area contributed by atoms with Crippen LogP contribution >= 0.6 is 0 Å². The van der Waals surface area contributed by atoms with Gasteiger partial charge in [0, 0.05) is 29.8 Å². The number of nitrogens with zero attached hydrogens (tertiary/aromatic N) is 1. The molecule has 0 saturated heterocycles. The summed E-state index contributed by atoms with van der Waals surface area (Å²) < 4.78 is 0. The Bertz CT molecular complexity index is 795. The first-order valence-corrected chi connectivity index (χ1v) is 9.39. The highest BCUT2D eigenvalue weighted by Gasteiger charge is 2.37. The predicted octanol–water partition coefficient (Wildman–Crippen LogP) is 1.83. The molecule has 2 aliphatic heterocycles. The first kappa shape index (κ1) is 19.3. The van der Waals surface area contributed by atoms with Crippen molar-refractivity contribution in [3.63, 3.8) is 0 Å².